The van der Waals surface area contributed by atoms with Crippen LogP contribution in [-0.2, 0) is 11.2 Å². The van der Waals surface area contributed by atoms with Crippen molar-refractivity contribution in [2.75, 3.05) is 12.4 Å². The Morgan fingerprint density at radius 3 is 2.47 bits per heavy atom. The number of benzene rings is 3. The SMILES string of the molecule is COc1cc(/C=C(\C#N)C(=O)Nc2ccccc2F)cc(Br)c1Cc1cc(C)cc(C)c1. The summed E-state index contributed by atoms with van der Waals surface area (Å²) in [5.74, 6) is -0.623. The molecule has 0 unspecified atom stereocenters. The average Bonchev–Trinajstić information content (AvgIpc) is 2.74. The van der Waals surface area contributed by atoms with Crippen LogP contribution in [-0.4, -0.2) is 13.0 Å². The molecule has 3 aromatic rings. The van der Waals surface area contributed by atoms with Gasteiger partial charge in [-0.1, -0.05) is 57.4 Å². The Kier molecular flexibility index (Phi) is 7.45. The largest absolute Gasteiger partial charge is 0.496 e. The summed E-state index contributed by atoms with van der Waals surface area (Å²) < 4.78 is 20.2. The molecule has 0 aliphatic carbocycles. The molecular weight excluding hydrogens is 471 g/mol. The monoisotopic (exact) mass is 492 g/mol. The Bertz CT molecular complexity index is 1220. The first-order chi connectivity index (χ1) is 15.3. The van der Waals surface area contributed by atoms with Crippen LogP contribution in [0.3, 0.4) is 0 Å². The van der Waals surface area contributed by atoms with E-state index in [2.05, 4.69) is 53.3 Å². The van der Waals surface area contributed by atoms with E-state index >= 15 is 0 Å². The molecule has 0 spiro atoms. The van der Waals surface area contributed by atoms with Gasteiger partial charge in [0.25, 0.3) is 5.91 Å². The number of nitriles is 1. The molecule has 1 N–H and O–H groups in total. The molecule has 0 bridgehead atoms. The van der Waals surface area contributed by atoms with Gasteiger partial charge < -0.3 is 10.1 Å². The number of amides is 1. The first kappa shape index (κ1) is 23.2. The number of ether oxygens (including phenoxy) is 1. The molecule has 0 atom stereocenters. The Morgan fingerprint density at radius 2 is 1.84 bits per heavy atom. The molecule has 1 amide bonds. The summed E-state index contributed by atoms with van der Waals surface area (Å²) in [6, 6.07) is 17.7. The number of nitrogens with one attached hydrogen (secondary N) is 1. The molecule has 0 saturated heterocycles. The summed E-state index contributed by atoms with van der Waals surface area (Å²) in [5.41, 5.74) is 4.97. The van der Waals surface area contributed by atoms with Crippen LogP contribution in [0.1, 0.15) is 27.8 Å². The Morgan fingerprint density at radius 1 is 1.16 bits per heavy atom. The summed E-state index contributed by atoms with van der Waals surface area (Å²) in [7, 11) is 1.58. The molecule has 0 radical (unpaired) electrons. The minimum Gasteiger partial charge on any atom is -0.496 e. The van der Waals surface area contributed by atoms with E-state index in [9.17, 15) is 14.4 Å². The summed E-state index contributed by atoms with van der Waals surface area (Å²) in [6.45, 7) is 4.12. The smallest absolute Gasteiger partial charge is 0.266 e. The van der Waals surface area contributed by atoms with Crippen LogP contribution in [0.5, 0.6) is 5.75 Å². The molecule has 3 rings (SSSR count). The second-order valence-corrected chi connectivity index (χ2v) is 8.31. The van der Waals surface area contributed by atoms with Crippen LogP contribution in [0.15, 0.2) is 64.6 Å². The van der Waals surface area contributed by atoms with Gasteiger partial charge in [0.15, 0.2) is 0 Å². The molecule has 0 saturated carbocycles. The van der Waals surface area contributed by atoms with E-state index in [1.807, 2.05) is 12.1 Å². The lowest BCUT2D eigenvalue weighted by molar-refractivity contribution is -0.112. The van der Waals surface area contributed by atoms with E-state index in [0.29, 0.717) is 17.7 Å². The van der Waals surface area contributed by atoms with Gasteiger partial charge in [0, 0.05) is 16.5 Å². The zero-order valence-corrected chi connectivity index (χ0v) is 19.6. The predicted molar refractivity (Wildman–Crippen MR) is 128 cm³/mol. The third kappa shape index (κ3) is 5.63. The number of carbonyl (C=O) groups excluding carboxylic acids is 1. The van der Waals surface area contributed by atoms with Crippen molar-refractivity contribution in [3.63, 3.8) is 0 Å². The number of nitrogens with zero attached hydrogens (tertiary/aromatic N) is 1. The van der Waals surface area contributed by atoms with Crippen LogP contribution in [0.25, 0.3) is 6.08 Å². The van der Waals surface area contributed by atoms with Crippen molar-refractivity contribution in [3.05, 3.63) is 98.3 Å². The second kappa shape index (κ2) is 10.3. The number of halogens is 2. The minimum atomic E-state index is -0.688. The number of carbonyl (C=O) groups is 1. The predicted octanol–water partition coefficient (Wildman–Crippen LogP) is 6.35. The van der Waals surface area contributed by atoms with Crippen LogP contribution >= 0.6 is 15.9 Å². The van der Waals surface area contributed by atoms with E-state index in [1.165, 1.54) is 35.4 Å². The topological polar surface area (TPSA) is 62.1 Å². The maximum atomic E-state index is 13.8. The highest BCUT2D eigenvalue weighted by Gasteiger charge is 2.15. The molecule has 162 valence electrons. The van der Waals surface area contributed by atoms with E-state index in [-0.39, 0.29) is 11.3 Å². The molecule has 0 heterocycles. The van der Waals surface area contributed by atoms with Gasteiger partial charge in [0.2, 0.25) is 0 Å². The van der Waals surface area contributed by atoms with E-state index in [1.54, 1.807) is 19.2 Å². The Labute approximate surface area is 195 Å². The lowest BCUT2D eigenvalue weighted by Gasteiger charge is -2.13. The van der Waals surface area contributed by atoms with Crippen LogP contribution in [0.2, 0.25) is 0 Å². The van der Waals surface area contributed by atoms with Gasteiger partial charge in [0.1, 0.15) is 23.2 Å². The van der Waals surface area contributed by atoms with Gasteiger partial charge in [0.05, 0.1) is 12.8 Å². The number of hydrogen-bond acceptors (Lipinski definition) is 3. The molecular formula is C26H22BrFN2O2. The molecule has 0 fully saturated rings. The highest BCUT2D eigenvalue weighted by Crippen LogP contribution is 2.32. The van der Waals surface area contributed by atoms with E-state index in [4.69, 9.17) is 4.74 Å². The molecule has 4 nitrogen and oxygen atoms in total. The van der Waals surface area contributed by atoms with Gasteiger partial charge in [-0.25, -0.2) is 4.39 Å². The third-order valence-electron chi connectivity index (χ3n) is 4.86. The molecule has 0 aliphatic rings. The van der Waals surface area contributed by atoms with Crippen LogP contribution in [0.4, 0.5) is 10.1 Å². The quantitative estimate of drug-likeness (QED) is 0.322. The van der Waals surface area contributed by atoms with Crippen LogP contribution < -0.4 is 10.1 Å². The average molecular weight is 493 g/mol. The molecule has 3 aromatic carbocycles. The maximum Gasteiger partial charge on any atom is 0.266 e. The molecule has 0 aliphatic heterocycles. The van der Waals surface area contributed by atoms with Crippen molar-refractivity contribution in [1.29, 1.82) is 5.26 Å². The van der Waals surface area contributed by atoms with Crippen molar-refractivity contribution < 1.29 is 13.9 Å². The number of para-hydroxylation sites is 1. The van der Waals surface area contributed by atoms with Crippen molar-refractivity contribution >= 4 is 33.6 Å². The fourth-order valence-electron chi connectivity index (χ4n) is 3.51. The van der Waals surface area contributed by atoms with Gasteiger partial charge in [-0.15, -0.1) is 0 Å². The minimum absolute atomic E-state index is 0.0150. The highest BCUT2D eigenvalue weighted by atomic mass is 79.9. The fraction of sp³-hybridized carbons (Fsp3) is 0.154. The highest BCUT2D eigenvalue weighted by molar-refractivity contribution is 9.10. The number of methoxy groups -OCH3 is 1. The number of aryl methyl sites for hydroxylation is 2. The summed E-state index contributed by atoms with van der Waals surface area (Å²) in [5, 5.41) is 11.9. The summed E-state index contributed by atoms with van der Waals surface area (Å²) in [6.07, 6.45) is 2.11. The van der Waals surface area contributed by atoms with Crippen molar-refractivity contribution in [2.45, 2.75) is 20.3 Å². The summed E-state index contributed by atoms with van der Waals surface area (Å²) in [4.78, 5) is 12.5. The number of hydrogen-bond donors (Lipinski definition) is 1. The first-order valence-corrected chi connectivity index (χ1v) is 10.7. The van der Waals surface area contributed by atoms with Gasteiger partial charge in [-0.2, -0.15) is 5.26 Å². The standard InChI is InChI=1S/C26H22BrFN2O2/c1-16-8-17(2)10-18(9-16)12-21-22(27)13-19(14-25(21)32-3)11-20(15-29)26(31)30-24-7-5-4-6-23(24)28/h4-11,13-14H,12H2,1-3H3,(H,30,31)/b20-11+. The summed E-state index contributed by atoms with van der Waals surface area (Å²) >= 11 is 3.60. The molecule has 32 heavy (non-hydrogen) atoms. The maximum absolute atomic E-state index is 13.8. The van der Waals surface area contributed by atoms with E-state index in [0.717, 1.165) is 15.6 Å². The zero-order valence-electron chi connectivity index (χ0n) is 18.0. The normalized spacial score (nSPS) is 11.1. The van der Waals surface area contributed by atoms with Crippen LogP contribution in [0, 0.1) is 31.0 Å². The number of anilines is 1. The van der Waals surface area contributed by atoms with Crippen molar-refractivity contribution in [3.8, 4) is 11.8 Å². The second-order valence-electron chi connectivity index (χ2n) is 7.46. The Hall–Kier alpha value is -3.43. The lowest BCUT2D eigenvalue weighted by atomic mass is 9.98. The molecule has 0 aromatic heterocycles. The van der Waals surface area contributed by atoms with Crippen molar-refractivity contribution in [2.24, 2.45) is 0 Å². The van der Waals surface area contributed by atoms with E-state index < -0.39 is 11.7 Å². The number of rotatable bonds is 6. The van der Waals surface area contributed by atoms with Gasteiger partial charge in [-0.3, -0.25) is 4.79 Å². The lowest BCUT2D eigenvalue weighted by Crippen LogP contribution is -2.14. The van der Waals surface area contributed by atoms with Gasteiger partial charge in [-0.05, 0) is 55.3 Å². The first-order valence-electron chi connectivity index (χ1n) is 9.92. The fourth-order valence-corrected chi connectivity index (χ4v) is 4.11. The van der Waals surface area contributed by atoms with Gasteiger partial charge >= 0.3 is 0 Å². The molecule has 6 heteroatoms. The third-order valence-corrected chi connectivity index (χ3v) is 5.56. The van der Waals surface area contributed by atoms with Crippen molar-refractivity contribution in [1.82, 2.24) is 0 Å². The Balaban J connectivity index is 1.91. The zero-order chi connectivity index (χ0) is 23.3.